The average Bonchev–Trinajstić information content (AvgIpc) is 2.97. The molecule has 3 rings (SSSR count). The van der Waals surface area contributed by atoms with Crippen LogP contribution in [0.4, 0.5) is 0 Å². The van der Waals surface area contributed by atoms with Gasteiger partial charge in [-0.05, 0) is 5.92 Å². The lowest BCUT2D eigenvalue weighted by Crippen LogP contribution is -2.38. The summed E-state index contributed by atoms with van der Waals surface area (Å²) in [5, 5.41) is 11.2. The Kier molecular flexibility index (Phi) is 3.56. The molecule has 0 aliphatic carbocycles. The number of aromatic nitrogens is 4. The van der Waals surface area contributed by atoms with Gasteiger partial charge in [0.1, 0.15) is 0 Å². The second kappa shape index (κ2) is 5.40. The van der Waals surface area contributed by atoms with Gasteiger partial charge >= 0.3 is 0 Å². The first-order chi connectivity index (χ1) is 10.5. The SMILES string of the molecule is CC(C)c1[nH]ncc1C(=O)N1CCc2nn(C)c(=O)cc2C1. The molecule has 1 aliphatic heterocycles. The Balaban J connectivity index is 1.88. The van der Waals surface area contributed by atoms with Crippen molar-refractivity contribution in [1.29, 1.82) is 0 Å². The molecule has 0 unspecified atom stereocenters. The molecule has 0 spiro atoms. The van der Waals surface area contributed by atoms with E-state index in [-0.39, 0.29) is 17.4 Å². The zero-order chi connectivity index (χ0) is 15.9. The third-order valence-corrected chi connectivity index (χ3v) is 4.00. The second-order valence-electron chi connectivity index (χ2n) is 5.91. The minimum absolute atomic E-state index is 0.0521. The Morgan fingerprint density at radius 2 is 2.18 bits per heavy atom. The number of hydrogen-bond acceptors (Lipinski definition) is 4. The number of H-pyrrole nitrogens is 1. The van der Waals surface area contributed by atoms with Crippen molar-refractivity contribution in [3.8, 4) is 0 Å². The Morgan fingerprint density at radius 1 is 1.41 bits per heavy atom. The molecule has 0 atom stereocenters. The van der Waals surface area contributed by atoms with E-state index in [1.165, 1.54) is 4.68 Å². The van der Waals surface area contributed by atoms with Crippen LogP contribution >= 0.6 is 0 Å². The summed E-state index contributed by atoms with van der Waals surface area (Å²) < 4.78 is 1.34. The largest absolute Gasteiger partial charge is 0.334 e. The van der Waals surface area contributed by atoms with Crippen molar-refractivity contribution in [2.24, 2.45) is 7.05 Å². The van der Waals surface area contributed by atoms with Gasteiger partial charge in [-0.3, -0.25) is 14.7 Å². The Bertz CT molecular complexity index is 774. The predicted molar refractivity (Wildman–Crippen MR) is 80.6 cm³/mol. The number of aryl methyl sites for hydroxylation is 1. The van der Waals surface area contributed by atoms with E-state index in [4.69, 9.17) is 0 Å². The predicted octanol–water partition coefficient (Wildman–Crippen LogP) is 0.825. The van der Waals surface area contributed by atoms with Crippen molar-refractivity contribution in [3.63, 3.8) is 0 Å². The molecular formula is C15H19N5O2. The van der Waals surface area contributed by atoms with Gasteiger partial charge in [0.2, 0.25) is 0 Å². The highest BCUT2D eigenvalue weighted by Crippen LogP contribution is 2.21. The van der Waals surface area contributed by atoms with Gasteiger partial charge in [0, 0.05) is 38.2 Å². The molecule has 0 bridgehead atoms. The fourth-order valence-electron chi connectivity index (χ4n) is 2.74. The molecule has 116 valence electrons. The van der Waals surface area contributed by atoms with Gasteiger partial charge in [-0.2, -0.15) is 10.2 Å². The molecule has 3 heterocycles. The van der Waals surface area contributed by atoms with E-state index in [0.29, 0.717) is 25.1 Å². The first kappa shape index (κ1) is 14.5. The summed E-state index contributed by atoms with van der Waals surface area (Å²) in [6.07, 6.45) is 2.24. The topological polar surface area (TPSA) is 83.9 Å². The van der Waals surface area contributed by atoms with Crippen LogP contribution in [-0.2, 0) is 20.0 Å². The maximum absolute atomic E-state index is 12.7. The van der Waals surface area contributed by atoms with Crippen LogP contribution in [0.25, 0.3) is 0 Å². The normalized spacial score (nSPS) is 14.3. The van der Waals surface area contributed by atoms with Crippen LogP contribution in [0.1, 0.15) is 47.1 Å². The smallest absolute Gasteiger partial charge is 0.266 e. The minimum Gasteiger partial charge on any atom is -0.334 e. The summed E-state index contributed by atoms with van der Waals surface area (Å²) in [5.74, 6) is 0.149. The zero-order valence-corrected chi connectivity index (χ0v) is 13.0. The van der Waals surface area contributed by atoms with Crippen LogP contribution in [0.3, 0.4) is 0 Å². The molecule has 7 heteroatoms. The fraction of sp³-hybridized carbons (Fsp3) is 0.467. The molecule has 2 aromatic heterocycles. The van der Waals surface area contributed by atoms with Crippen molar-refractivity contribution in [2.75, 3.05) is 6.54 Å². The van der Waals surface area contributed by atoms with Gasteiger partial charge in [0.25, 0.3) is 11.5 Å². The summed E-state index contributed by atoms with van der Waals surface area (Å²) in [5.41, 5.74) is 3.02. The molecule has 7 nitrogen and oxygen atoms in total. The van der Waals surface area contributed by atoms with Gasteiger partial charge in [0.05, 0.1) is 23.1 Å². The minimum atomic E-state index is -0.153. The quantitative estimate of drug-likeness (QED) is 0.890. The summed E-state index contributed by atoms with van der Waals surface area (Å²) in [4.78, 5) is 26.2. The van der Waals surface area contributed by atoms with Gasteiger partial charge in [-0.25, -0.2) is 4.68 Å². The van der Waals surface area contributed by atoms with Crippen molar-refractivity contribution in [1.82, 2.24) is 24.9 Å². The number of aromatic amines is 1. The molecule has 0 aromatic carbocycles. The van der Waals surface area contributed by atoms with Gasteiger partial charge in [-0.15, -0.1) is 0 Å². The molecule has 1 N–H and O–H groups in total. The Labute approximate surface area is 128 Å². The number of rotatable bonds is 2. The van der Waals surface area contributed by atoms with Crippen LogP contribution in [0.5, 0.6) is 0 Å². The number of nitrogens with zero attached hydrogens (tertiary/aromatic N) is 4. The standard InChI is InChI=1S/C15H19N5O2/c1-9(2)14-11(7-16-17-14)15(22)20-5-4-12-10(8-20)6-13(21)19(3)18-12/h6-7,9H,4-5,8H2,1-3H3,(H,16,17). The van der Waals surface area contributed by atoms with E-state index in [0.717, 1.165) is 17.0 Å². The van der Waals surface area contributed by atoms with Crippen molar-refractivity contribution in [3.05, 3.63) is 45.1 Å². The van der Waals surface area contributed by atoms with Crippen molar-refractivity contribution in [2.45, 2.75) is 32.7 Å². The van der Waals surface area contributed by atoms with Crippen LogP contribution in [0.15, 0.2) is 17.1 Å². The molecule has 0 saturated heterocycles. The molecular weight excluding hydrogens is 282 g/mol. The van der Waals surface area contributed by atoms with E-state index in [1.54, 1.807) is 24.2 Å². The van der Waals surface area contributed by atoms with Gasteiger partial charge < -0.3 is 4.90 Å². The maximum atomic E-state index is 12.7. The van der Waals surface area contributed by atoms with Gasteiger partial charge in [0.15, 0.2) is 0 Å². The van der Waals surface area contributed by atoms with E-state index in [1.807, 2.05) is 13.8 Å². The number of nitrogens with one attached hydrogen (secondary N) is 1. The molecule has 0 radical (unpaired) electrons. The van der Waals surface area contributed by atoms with E-state index < -0.39 is 0 Å². The first-order valence-electron chi connectivity index (χ1n) is 7.36. The molecule has 1 aliphatic rings. The third-order valence-electron chi connectivity index (χ3n) is 4.00. The first-order valence-corrected chi connectivity index (χ1v) is 7.36. The average molecular weight is 301 g/mol. The highest BCUT2D eigenvalue weighted by molar-refractivity contribution is 5.95. The monoisotopic (exact) mass is 301 g/mol. The zero-order valence-electron chi connectivity index (χ0n) is 13.0. The highest BCUT2D eigenvalue weighted by Gasteiger charge is 2.26. The van der Waals surface area contributed by atoms with Crippen LogP contribution in [-0.4, -0.2) is 37.3 Å². The molecule has 1 amide bonds. The van der Waals surface area contributed by atoms with Gasteiger partial charge in [-0.1, -0.05) is 13.8 Å². The van der Waals surface area contributed by atoms with Crippen molar-refractivity contribution >= 4 is 5.91 Å². The summed E-state index contributed by atoms with van der Waals surface area (Å²) in [6.45, 7) is 5.05. The van der Waals surface area contributed by atoms with Crippen LogP contribution in [0.2, 0.25) is 0 Å². The second-order valence-corrected chi connectivity index (χ2v) is 5.91. The summed E-state index contributed by atoms with van der Waals surface area (Å²) in [6, 6.07) is 1.57. The molecule has 0 saturated carbocycles. The lowest BCUT2D eigenvalue weighted by atomic mass is 10.0. The van der Waals surface area contributed by atoms with Crippen LogP contribution < -0.4 is 5.56 Å². The third kappa shape index (κ3) is 2.43. The molecule has 2 aromatic rings. The number of hydrogen-bond donors (Lipinski definition) is 1. The van der Waals surface area contributed by atoms with E-state index in [9.17, 15) is 9.59 Å². The molecule has 22 heavy (non-hydrogen) atoms. The summed E-state index contributed by atoms with van der Waals surface area (Å²) in [7, 11) is 1.64. The Hall–Kier alpha value is -2.44. The fourth-order valence-corrected chi connectivity index (χ4v) is 2.74. The summed E-state index contributed by atoms with van der Waals surface area (Å²) >= 11 is 0. The lowest BCUT2D eigenvalue weighted by Gasteiger charge is -2.28. The van der Waals surface area contributed by atoms with E-state index >= 15 is 0 Å². The number of fused-ring (bicyclic) bond motifs is 1. The van der Waals surface area contributed by atoms with Crippen LogP contribution in [0, 0.1) is 0 Å². The number of carbonyl (C=O) groups is 1. The number of amides is 1. The highest BCUT2D eigenvalue weighted by atomic mass is 16.2. The molecule has 0 fully saturated rings. The lowest BCUT2D eigenvalue weighted by molar-refractivity contribution is 0.0731. The van der Waals surface area contributed by atoms with E-state index in [2.05, 4.69) is 15.3 Å². The Morgan fingerprint density at radius 3 is 2.91 bits per heavy atom. The maximum Gasteiger partial charge on any atom is 0.266 e. The number of carbonyl (C=O) groups excluding carboxylic acids is 1. The van der Waals surface area contributed by atoms with Crippen molar-refractivity contribution < 1.29 is 4.79 Å².